The first-order valence-electron chi connectivity index (χ1n) is 10.3. The van der Waals surface area contributed by atoms with Crippen LogP contribution in [0, 0.1) is 15.2 Å². The zero-order chi connectivity index (χ0) is 24.9. The Morgan fingerprint density at radius 3 is 2.60 bits per heavy atom. The third-order valence-electron chi connectivity index (χ3n) is 4.88. The van der Waals surface area contributed by atoms with E-state index in [-0.39, 0.29) is 23.0 Å². The summed E-state index contributed by atoms with van der Waals surface area (Å²) in [6.45, 7) is -0.419. The maximum atomic E-state index is 13.8. The molecule has 4 rings (SSSR count). The maximum absolute atomic E-state index is 13.8. The number of carbonyl (C=O) groups excluding carboxylic acids is 3. The van der Waals surface area contributed by atoms with Crippen LogP contribution in [-0.4, -0.2) is 28.5 Å². The van der Waals surface area contributed by atoms with Crippen molar-refractivity contribution in [3.8, 4) is 5.75 Å². The average Bonchev–Trinajstić information content (AvgIpc) is 3.07. The predicted octanol–water partition coefficient (Wildman–Crippen LogP) is 5.82. The van der Waals surface area contributed by atoms with E-state index in [9.17, 15) is 23.2 Å². The summed E-state index contributed by atoms with van der Waals surface area (Å²) in [5.41, 5.74) is 1.31. The van der Waals surface area contributed by atoms with Crippen LogP contribution in [0.4, 0.5) is 19.3 Å². The summed E-state index contributed by atoms with van der Waals surface area (Å²) in [6.07, 6.45) is 1.55. The summed E-state index contributed by atoms with van der Waals surface area (Å²) < 4.78 is 33.5. The molecule has 1 saturated heterocycles. The highest BCUT2D eigenvalue weighted by atomic mass is 127. The van der Waals surface area contributed by atoms with Gasteiger partial charge in [0.15, 0.2) is 0 Å². The molecular weight excluding hydrogens is 589 g/mol. The van der Waals surface area contributed by atoms with Crippen molar-refractivity contribution >= 4 is 63.2 Å². The van der Waals surface area contributed by atoms with Gasteiger partial charge in [0.2, 0.25) is 5.91 Å². The second-order valence-corrected chi connectivity index (χ2v) is 9.55. The van der Waals surface area contributed by atoms with Crippen LogP contribution >= 0.6 is 34.4 Å². The van der Waals surface area contributed by atoms with Crippen LogP contribution in [0.2, 0.25) is 0 Å². The van der Waals surface area contributed by atoms with Gasteiger partial charge in [0.1, 0.15) is 30.5 Å². The molecule has 3 aromatic carbocycles. The number of nitrogens with one attached hydrogen (secondary N) is 1. The van der Waals surface area contributed by atoms with Gasteiger partial charge in [-0.3, -0.25) is 19.3 Å². The Labute approximate surface area is 217 Å². The molecule has 0 atom stereocenters. The Bertz CT molecular complexity index is 1350. The molecule has 1 aliphatic heterocycles. The van der Waals surface area contributed by atoms with Crippen molar-refractivity contribution in [1.82, 2.24) is 4.90 Å². The molecule has 178 valence electrons. The number of nitrogens with zero attached hydrogens (tertiary/aromatic N) is 1. The van der Waals surface area contributed by atoms with Gasteiger partial charge in [0.25, 0.3) is 11.1 Å². The van der Waals surface area contributed by atoms with Crippen LogP contribution in [0.15, 0.2) is 71.6 Å². The van der Waals surface area contributed by atoms with E-state index in [1.165, 1.54) is 24.3 Å². The SMILES string of the molecule is O=C(CN1C(=O)S/C(=C/c2ccc(OCc3ccccc3F)c(I)c2)C1=O)Nc1cccc(F)c1. The molecule has 1 aliphatic rings. The van der Waals surface area contributed by atoms with Crippen LogP contribution in [-0.2, 0) is 16.2 Å². The lowest BCUT2D eigenvalue weighted by Gasteiger charge is -2.12. The first-order valence-corrected chi connectivity index (χ1v) is 12.2. The molecule has 0 bridgehead atoms. The smallest absolute Gasteiger partial charge is 0.294 e. The number of hydrogen-bond donors (Lipinski definition) is 1. The second kappa shape index (κ2) is 11.0. The van der Waals surface area contributed by atoms with Gasteiger partial charge in [-0.1, -0.05) is 30.3 Å². The Kier molecular flexibility index (Phi) is 7.81. The Morgan fingerprint density at radius 1 is 1.06 bits per heavy atom. The number of ether oxygens (including phenoxy) is 1. The average molecular weight is 606 g/mol. The minimum absolute atomic E-state index is 0.0681. The van der Waals surface area contributed by atoms with Gasteiger partial charge in [-0.2, -0.15) is 0 Å². The highest BCUT2D eigenvalue weighted by Gasteiger charge is 2.36. The number of anilines is 1. The molecule has 0 aliphatic carbocycles. The molecular formula is C25H17F2IN2O4S. The van der Waals surface area contributed by atoms with Crippen molar-refractivity contribution in [2.45, 2.75) is 6.61 Å². The fraction of sp³-hybridized carbons (Fsp3) is 0.0800. The third kappa shape index (κ3) is 6.25. The zero-order valence-electron chi connectivity index (χ0n) is 18.0. The molecule has 1 fully saturated rings. The minimum atomic E-state index is -0.620. The van der Waals surface area contributed by atoms with Crippen LogP contribution < -0.4 is 10.1 Å². The Balaban J connectivity index is 1.40. The molecule has 3 aromatic rings. The molecule has 1 heterocycles. The summed E-state index contributed by atoms with van der Waals surface area (Å²) in [7, 11) is 0. The Morgan fingerprint density at radius 2 is 1.86 bits per heavy atom. The number of amides is 3. The van der Waals surface area contributed by atoms with E-state index in [0.29, 0.717) is 16.9 Å². The van der Waals surface area contributed by atoms with Crippen molar-refractivity contribution in [3.05, 3.63) is 98.0 Å². The normalized spacial score (nSPS) is 14.5. The van der Waals surface area contributed by atoms with Crippen LogP contribution in [0.3, 0.4) is 0 Å². The number of thioether (sulfide) groups is 1. The van der Waals surface area contributed by atoms with Crippen molar-refractivity contribution in [2.75, 3.05) is 11.9 Å². The summed E-state index contributed by atoms with van der Waals surface area (Å²) in [4.78, 5) is 38.3. The predicted molar refractivity (Wildman–Crippen MR) is 138 cm³/mol. The fourth-order valence-corrected chi connectivity index (χ4v) is 4.73. The van der Waals surface area contributed by atoms with E-state index in [4.69, 9.17) is 4.74 Å². The standard InChI is InChI=1S/C25H17F2IN2O4S/c26-17-5-3-6-18(12-17)29-23(31)13-30-24(32)22(35-25(30)33)11-15-8-9-21(20(28)10-15)34-14-16-4-1-2-7-19(16)27/h1-12H,13-14H2,(H,29,31)/b22-11+. The van der Waals surface area contributed by atoms with Gasteiger partial charge >= 0.3 is 0 Å². The topological polar surface area (TPSA) is 75.7 Å². The molecule has 0 unspecified atom stereocenters. The molecule has 0 spiro atoms. The number of imide groups is 1. The number of carbonyl (C=O) groups is 3. The van der Waals surface area contributed by atoms with E-state index >= 15 is 0 Å². The molecule has 10 heteroatoms. The third-order valence-corrected chi connectivity index (χ3v) is 6.63. The first kappa shape index (κ1) is 24.9. The zero-order valence-corrected chi connectivity index (χ0v) is 20.9. The molecule has 35 heavy (non-hydrogen) atoms. The quantitative estimate of drug-likeness (QED) is 0.271. The van der Waals surface area contributed by atoms with Crippen LogP contribution in [0.25, 0.3) is 6.08 Å². The van der Waals surface area contributed by atoms with Crippen molar-refractivity contribution < 1.29 is 27.9 Å². The van der Waals surface area contributed by atoms with E-state index in [1.807, 2.05) is 0 Å². The monoisotopic (exact) mass is 606 g/mol. The van der Waals surface area contributed by atoms with E-state index in [0.717, 1.165) is 26.3 Å². The summed E-state index contributed by atoms with van der Waals surface area (Å²) in [6, 6.07) is 16.8. The molecule has 1 N–H and O–H groups in total. The number of benzene rings is 3. The number of rotatable bonds is 7. The van der Waals surface area contributed by atoms with Gasteiger partial charge in [0.05, 0.1) is 8.48 Å². The molecule has 3 amide bonds. The highest BCUT2D eigenvalue weighted by Crippen LogP contribution is 2.33. The second-order valence-electron chi connectivity index (χ2n) is 7.40. The lowest BCUT2D eigenvalue weighted by atomic mass is 10.2. The highest BCUT2D eigenvalue weighted by molar-refractivity contribution is 14.1. The minimum Gasteiger partial charge on any atom is -0.488 e. The first-order chi connectivity index (χ1) is 16.8. The summed E-state index contributed by atoms with van der Waals surface area (Å²) >= 11 is 2.80. The van der Waals surface area contributed by atoms with E-state index in [1.54, 1.807) is 42.5 Å². The van der Waals surface area contributed by atoms with Gasteiger partial charge in [-0.05, 0) is 82.4 Å². The number of hydrogen-bond acceptors (Lipinski definition) is 5. The van der Waals surface area contributed by atoms with Crippen molar-refractivity contribution in [1.29, 1.82) is 0 Å². The van der Waals surface area contributed by atoms with Gasteiger partial charge < -0.3 is 10.1 Å². The van der Waals surface area contributed by atoms with Gasteiger partial charge in [0, 0.05) is 11.3 Å². The van der Waals surface area contributed by atoms with Gasteiger partial charge in [-0.25, -0.2) is 8.78 Å². The van der Waals surface area contributed by atoms with E-state index in [2.05, 4.69) is 27.9 Å². The summed E-state index contributed by atoms with van der Waals surface area (Å²) in [5.74, 6) is -1.53. The summed E-state index contributed by atoms with van der Waals surface area (Å²) in [5, 5.41) is 1.89. The lowest BCUT2D eigenvalue weighted by Crippen LogP contribution is -2.36. The molecule has 0 radical (unpaired) electrons. The molecule has 0 saturated carbocycles. The largest absolute Gasteiger partial charge is 0.488 e. The Hall–Kier alpha value is -3.25. The molecule has 6 nitrogen and oxygen atoms in total. The molecule has 0 aromatic heterocycles. The lowest BCUT2D eigenvalue weighted by molar-refractivity contribution is -0.127. The van der Waals surface area contributed by atoms with Crippen LogP contribution in [0.5, 0.6) is 5.75 Å². The van der Waals surface area contributed by atoms with Crippen molar-refractivity contribution in [2.24, 2.45) is 0 Å². The van der Waals surface area contributed by atoms with Gasteiger partial charge in [-0.15, -0.1) is 0 Å². The van der Waals surface area contributed by atoms with E-state index < -0.39 is 29.4 Å². The number of halogens is 3. The fourth-order valence-electron chi connectivity index (χ4n) is 3.19. The maximum Gasteiger partial charge on any atom is 0.294 e. The van der Waals surface area contributed by atoms with Crippen LogP contribution in [0.1, 0.15) is 11.1 Å². The van der Waals surface area contributed by atoms with Crippen molar-refractivity contribution in [3.63, 3.8) is 0 Å².